The van der Waals surface area contributed by atoms with E-state index in [0.717, 1.165) is 16.8 Å². The Kier molecular flexibility index (Phi) is 8.50. The Bertz CT molecular complexity index is 1120. The fourth-order valence-electron chi connectivity index (χ4n) is 2.96. The molecular weight excluding hydrogens is 460 g/mol. The van der Waals surface area contributed by atoms with Gasteiger partial charge in [0.25, 0.3) is 0 Å². The number of thioether (sulfide) groups is 1. The minimum atomic E-state index is -0.244. The van der Waals surface area contributed by atoms with Crippen molar-refractivity contribution in [2.45, 2.75) is 25.5 Å². The molecule has 9 nitrogen and oxygen atoms in total. The van der Waals surface area contributed by atoms with E-state index in [4.69, 9.17) is 21.7 Å². The van der Waals surface area contributed by atoms with Gasteiger partial charge < -0.3 is 19.4 Å². The number of anilines is 1. The van der Waals surface area contributed by atoms with Crippen LogP contribution in [0.4, 0.5) is 5.69 Å². The minimum absolute atomic E-state index is 0.143. The molecule has 3 rings (SSSR count). The average Bonchev–Trinajstić information content (AvgIpc) is 3.25. The zero-order valence-corrected chi connectivity index (χ0v) is 20.5. The van der Waals surface area contributed by atoms with Crippen LogP contribution in [0.1, 0.15) is 12.5 Å². The average molecular weight is 487 g/mol. The van der Waals surface area contributed by atoms with Crippen LogP contribution in [0.2, 0.25) is 0 Å². The molecule has 0 bridgehead atoms. The minimum Gasteiger partial charge on any atom is -0.493 e. The van der Waals surface area contributed by atoms with Crippen molar-refractivity contribution in [1.82, 2.24) is 25.6 Å². The Balaban J connectivity index is 1.57. The number of hydrazine groups is 1. The summed E-state index contributed by atoms with van der Waals surface area (Å²) in [6.45, 7) is 4.65. The van der Waals surface area contributed by atoms with Crippen LogP contribution in [-0.2, 0) is 11.3 Å². The smallest absolute Gasteiger partial charge is 0.248 e. The number of nitrogens with one attached hydrogen (secondary N) is 3. The molecule has 1 heterocycles. The maximum Gasteiger partial charge on any atom is 0.248 e. The maximum atomic E-state index is 12.3. The molecule has 0 fully saturated rings. The van der Waals surface area contributed by atoms with Crippen LogP contribution in [0.3, 0.4) is 0 Å². The van der Waals surface area contributed by atoms with Crippen molar-refractivity contribution in [2.75, 3.05) is 25.3 Å². The highest BCUT2D eigenvalue weighted by molar-refractivity contribution is 7.99. The second-order valence-electron chi connectivity index (χ2n) is 6.90. The zero-order valence-electron chi connectivity index (χ0n) is 18.8. The van der Waals surface area contributed by atoms with Gasteiger partial charge in [-0.05, 0) is 56.4 Å². The monoisotopic (exact) mass is 486 g/mol. The predicted octanol–water partition coefficient (Wildman–Crippen LogP) is 3.40. The molecule has 0 saturated carbocycles. The second kappa shape index (κ2) is 11.5. The molecule has 3 N–H and O–H groups in total. The molecule has 0 radical (unpaired) electrons. The van der Waals surface area contributed by atoms with Gasteiger partial charge in [0.1, 0.15) is 0 Å². The Morgan fingerprint density at radius 2 is 1.79 bits per heavy atom. The van der Waals surface area contributed by atoms with Crippen LogP contribution in [0, 0.1) is 6.92 Å². The van der Waals surface area contributed by atoms with E-state index in [1.165, 1.54) is 11.8 Å². The van der Waals surface area contributed by atoms with Crippen LogP contribution < -0.4 is 25.6 Å². The third-order valence-electron chi connectivity index (χ3n) is 4.63. The number of nitrogens with zero attached hydrogens (tertiary/aromatic N) is 3. The van der Waals surface area contributed by atoms with Crippen molar-refractivity contribution in [3.8, 4) is 22.9 Å². The van der Waals surface area contributed by atoms with Gasteiger partial charge in [-0.2, -0.15) is 0 Å². The number of aryl methyl sites for hydroxylation is 1. The number of hydrogen-bond donors (Lipinski definition) is 3. The number of rotatable bonds is 8. The van der Waals surface area contributed by atoms with Crippen molar-refractivity contribution in [3.05, 3.63) is 48.0 Å². The molecule has 1 amide bonds. The highest BCUT2D eigenvalue weighted by Gasteiger charge is 2.16. The molecule has 0 unspecified atom stereocenters. The van der Waals surface area contributed by atoms with Gasteiger partial charge in [-0.1, -0.05) is 29.5 Å². The van der Waals surface area contributed by atoms with Crippen molar-refractivity contribution in [2.24, 2.45) is 0 Å². The largest absolute Gasteiger partial charge is 0.493 e. The summed E-state index contributed by atoms with van der Waals surface area (Å²) in [6.07, 6.45) is 0. The number of hydrogen-bond acceptors (Lipinski definition) is 7. The molecule has 174 valence electrons. The number of benzene rings is 2. The lowest BCUT2D eigenvalue weighted by Gasteiger charge is -2.12. The topological polar surface area (TPSA) is 102 Å². The summed E-state index contributed by atoms with van der Waals surface area (Å²) in [4.78, 5) is 12.3. The number of thiocarbonyl (C=S) groups is 1. The van der Waals surface area contributed by atoms with Gasteiger partial charge in [0.2, 0.25) is 5.91 Å². The van der Waals surface area contributed by atoms with E-state index < -0.39 is 0 Å². The highest BCUT2D eigenvalue weighted by Crippen LogP contribution is 2.32. The number of amides is 1. The van der Waals surface area contributed by atoms with Crippen LogP contribution in [0.25, 0.3) is 11.4 Å². The third-order valence-corrected chi connectivity index (χ3v) is 5.80. The van der Waals surface area contributed by atoms with Crippen molar-refractivity contribution in [1.29, 1.82) is 0 Å². The number of carbonyl (C=O) groups is 1. The molecule has 33 heavy (non-hydrogen) atoms. The summed E-state index contributed by atoms with van der Waals surface area (Å²) in [5, 5.41) is 12.5. The van der Waals surface area contributed by atoms with Gasteiger partial charge in [0, 0.05) is 17.8 Å². The summed E-state index contributed by atoms with van der Waals surface area (Å²) in [5.74, 6) is 1.83. The first-order valence-electron chi connectivity index (χ1n) is 10.2. The predicted molar refractivity (Wildman–Crippen MR) is 134 cm³/mol. The molecule has 2 aromatic carbocycles. The summed E-state index contributed by atoms with van der Waals surface area (Å²) in [7, 11) is 3.17. The molecular formula is C22H26N6O3S2. The van der Waals surface area contributed by atoms with E-state index in [2.05, 4.69) is 26.4 Å². The van der Waals surface area contributed by atoms with E-state index in [1.807, 2.05) is 60.9 Å². The molecule has 0 aliphatic carbocycles. The van der Waals surface area contributed by atoms with Crippen LogP contribution in [0.15, 0.2) is 47.6 Å². The second-order valence-corrected chi connectivity index (χ2v) is 8.25. The lowest BCUT2D eigenvalue weighted by molar-refractivity contribution is -0.119. The van der Waals surface area contributed by atoms with E-state index in [-0.39, 0.29) is 11.7 Å². The SMILES string of the molecule is CCn1c(SCC(=O)NNC(=S)Nc2ccc(C)cc2)nnc1-c1ccc(OC)c(OC)c1. The number of aromatic nitrogens is 3. The first-order chi connectivity index (χ1) is 15.9. The summed E-state index contributed by atoms with van der Waals surface area (Å²) >= 11 is 6.50. The number of ether oxygens (including phenoxy) is 2. The third kappa shape index (κ3) is 6.36. The van der Waals surface area contributed by atoms with Crippen LogP contribution in [0.5, 0.6) is 11.5 Å². The Morgan fingerprint density at radius 1 is 1.06 bits per heavy atom. The Hall–Kier alpha value is -3.31. The van der Waals surface area contributed by atoms with E-state index in [9.17, 15) is 4.79 Å². The standard InChI is InChI=1S/C22H26N6O3S2/c1-5-28-20(15-8-11-17(30-3)18(12-15)31-4)25-27-22(28)33-13-19(29)24-26-21(32)23-16-9-6-14(2)7-10-16/h6-12H,5,13H2,1-4H3,(H,24,29)(H2,23,26,32). The first kappa shape index (κ1) is 24.3. The molecule has 3 aromatic rings. The molecule has 0 atom stereocenters. The summed E-state index contributed by atoms with van der Waals surface area (Å²) < 4.78 is 12.6. The van der Waals surface area contributed by atoms with Crippen molar-refractivity contribution in [3.63, 3.8) is 0 Å². The molecule has 0 spiro atoms. The van der Waals surface area contributed by atoms with Crippen LogP contribution >= 0.6 is 24.0 Å². The molecule has 0 aliphatic heterocycles. The van der Waals surface area contributed by atoms with E-state index >= 15 is 0 Å². The zero-order chi connectivity index (χ0) is 23.8. The van der Waals surface area contributed by atoms with Crippen molar-refractivity contribution >= 4 is 40.7 Å². The van der Waals surface area contributed by atoms with Gasteiger partial charge in [-0.15, -0.1) is 10.2 Å². The number of methoxy groups -OCH3 is 2. The molecule has 11 heteroatoms. The fourth-order valence-corrected chi connectivity index (χ4v) is 3.93. The lowest BCUT2D eigenvalue weighted by atomic mass is 10.2. The maximum absolute atomic E-state index is 12.3. The quantitative estimate of drug-likeness (QED) is 0.251. The molecule has 0 saturated heterocycles. The number of carbonyl (C=O) groups excluding carboxylic acids is 1. The molecule has 1 aromatic heterocycles. The normalized spacial score (nSPS) is 10.4. The van der Waals surface area contributed by atoms with Gasteiger partial charge in [0.05, 0.1) is 20.0 Å². The fraction of sp³-hybridized carbons (Fsp3) is 0.273. The van der Waals surface area contributed by atoms with E-state index in [0.29, 0.717) is 34.1 Å². The summed E-state index contributed by atoms with van der Waals surface area (Å²) in [6, 6.07) is 13.3. The Labute approximate surface area is 202 Å². The first-order valence-corrected chi connectivity index (χ1v) is 11.6. The highest BCUT2D eigenvalue weighted by atomic mass is 32.2. The van der Waals surface area contributed by atoms with E-state index in [1.54, 1.807) is 14.2 Å². The van der Waals surface area contributed by atoms with Gasteiger partial charge in [-0.25, -0.2) is 0 Å². The lowest BCUT2D eigenvalue weighted by Crippen LogP contribution is -2.44. The van der Waals surface area contributed by atoms with Gasteiger partial charge in [-0.3, -0.25) is 15.6 Å². The van der Waals surface area contributed by atoms with Gasteiger partial charge in [0.15, 0.2) is 27.6 Å². The van der Waals surface area contributed by atoms with Crippen molar-refractivity contribution < 1.29 is 14.3 Å². The van der Waals surface area contributed by atoms with Crippen LogP contribution in [-0.4, -0.2) is 45.8 Å². The molecule has 0 aliphatic rings. The summed E-state index contributed by atoms with van der Waals surface area (Å²) in [5.41, 5.74) is 8.12. The Morgan fingerprint density at radius 3 is 2.45 bits per heavy atom. The van der Waals surface area contributed by atoms with Gasteiger partial charge >= 0.3 is 0 Å².